The van der Waals surface area contributed by atoms with E-state index in [2.05, 4.69) is 221 Å². The van der Waals surface area contributed by atoms with E-state index in [0.29, 0.717) is 33.9 Å². The summed E-state index contributed by atoms with van der Waals surface area (Å²) in [4.78, 5) is 4.60. The van der Waals surface area contributed by atoms with Gasteiger partial charge >= 0.3 is 0 Å². The third-order valence-electron chi connectivity index (χ3n) is 23.9. The van der Waals surface area contributed by atoms with Crippen LogP contribution in [0.4, 0.5) is 34.1 Å². The van der Waals surface area contributed by atoms with Gasteiger partial charge in [0.15, 0.2) is 0 Å². The molecule has 115 heavy (non-hydrogen) atoms. The van der Waals surface area contributed by atoms with Crippen molar-refractivity contribution in [2.45, 2.75) is 78.6 Å². The number of hydrogen-bond donors (Lipinski definition) is 0. The maximum Gasteiger partial charge on any atom is 0.252 e. The van der Waals surface area contributed by atoms with E-state index in [-0.39, 0.29) is 65.8 Å². The fourth-order valence-electron chi connectivity index (χ4n) is 18.4. The quantitative estimate of drug-likeness (QED) is 0.135. The number of rotatable bonds is 9. The minimum atomic E-state index is -0.851. The van der Waals surface area contributed by atoms with Crippen molar-refractivity contribution in [1.82, 2.24) is 18.3 Å². The van der Waals surface area contributed by atoms with Gasteiger partial charge in [-0.05, 0) is 187 Å². The molecule has 6 heterocycles. The van der Waals surface area contributed by atoms with Crippen molar-refractivity contribution >= 4 is 144 Å². The van der Waals surface area contributed by atoms with Gasteiger partial charge in [0.05, 0.1) is 83.1 Å². The van der Waals surface area contributed by atoms with Crippen LogP contribution in [0.1, 0.15) is 101 Å². The predicted molar refractivity (Wildman–Crippen MR) is 490 cm³/mol. The number of para-hydroxylation sites is 6. The summed E-state index contributed by atoms with van der Waals surface area (Å²) in [7, 11) is 0. The molecule has 2 aliphatic heterocycles. The van der Waals surface area contributed by atoms with Crippen LogP contribution in [0.15, 0.2) is 351 Å². The largest absolute Gasteiger partial charge is 0.310 e. The summed E-state index contributed by atoms with van der Waals surface area (Å²) in [5.74, 6) is 0. The van der Waals surface area contributed by atoms with E-state index in [9.17, 15) is 21.9 Å². The van der Waals surface area contributed by atoms with Crippen LogP contribution < -0.4 is 26.2 Å². The van der Waals surface area contributed by atoms with Gasteiger partial charge in [-0.1, -0.05) is 293 Å². The van der Waals surface area contributed by atoms with Crippen LogP contribution >= 0.6 is 0 Å². The lowest BCUT2D eigenvalue weighted by atomic mass is 9.33. The first-order valence-electron chi connectivity index (χ1n) is 47.3. The van der Waals surface area contributed by atoms with Gasteiger partial charge in [0, 0.05) is 99.6 Å². The third-order valence-corrected chi connectivity index (χ3v) is 23.9. The molecule has 0 unspecified atom stereocenters. The molecule has 0 amide bonds. The summed E-state index contributed by atoms with van der Waals surface area (Å²) in [5.41, 5.74) is 18.5. The van der Waals surface area contributed by atoms with E-state index < -0.39 is 109 Å². The van der Waals surface area contributed by atoms with Crippen LogP contribution in [0.5, 0.6) is 0 Å². The van der Waals surface area contributed by atoms with Crippen LogP contribution in [0, 0.1) is 0 Å². The van der Waals surface area contributed by atoms with Gasteiger partial charge < -0.3 is 28.1 Å². The lowest BCUT2D eigenvalue weighted by Gasteiger charge is -2.46. The molecule has 0 saturated carbocycles. The van der Waals surface area contributed by atoms with Crippen molar-refractivity contribution in [3.05, 3.63) is 368 Å². The van der Waals surface area contributed by atoms with Crippen LogP contribution in [-0.2, 0) is 16.2 Å². The number of aromatic nitrogens is 4. The predicted octanol–water partition coefficient (Wildman–Crippen LogP) is 27.1. The molecule has 0 aliphatic carbocycles. The third kappa shape index (κ3) is 10.5. The van der Waals surface area contributed by atoms with Crippen LogP contribution in [0.25, 0.3) is 143 Å². The first-order chi connectivity index (χ1) is 62.6. The van der Waals surface area contributed by atoms with Gasteiger partial charge in [0.2, 0.25) is 0 Å². The molecule has 0 radical (unpaired) electrons. The molecule has 2 aliphatic rings. The van der Waals surface area contributed by atoms with Gasteiger partial charge in [0.25, 0.3) is 6.71 Å². The molecule has 20 aromatic rings. The molecular weight excluding hydrogens is 1390 g/mol. The second-order valence-electron chi connectivity index (χ2n) is 33.7. The van der Waals surface area contributed by atoms with Crippen molar-refractivity contribution in [2.24, 2.45) is 0 Å². The SMILES string of the molecule is [2H]c1c([2H])c([2H])c2c(c1[2H])c1c([2H])c([2H])c([2H])c([2H])c1n2-c1ccc2c(c1)N(c1c(-c3ccccc3)ccc3c1c1ccccc1n3-c1ccccc1)c1cc(-n3c4c([2H])c([2H])c([2H])c([2H])c4c4c([2H])c([2H])c([2H])c([2H])c43)cc3c1B2c1ccc(-n2c4ccc(C(C)(C)C)cc4c4cc(C(C)(C)C)ccc42)cc1N3c1c(-c2ccccc2)cc(C(C)(C)C)cc1-c1ccccc1. The minimum absolute atomic E-state index is 0.0924. The number of nitrogens with zero attached hydrogens (tertiary/aromatic N) is 6. The summed E-state index contributed by atoms with van der Waals surface area (Å²) < 4.78 is 164. The summed E-state index contributed by atoms with van der Waals surface area (Å²) in [5, 5.41) is 3.26. The number of benzene rings is 16. The molecule has 0 bridgehead atoms. The molecule has 0 atom stereocenters. The molecular formula is C108H85BN6. The smallest absolute Gasteiger partial charge is 0.252 e. The molecule has 0 saturated heterocycles. The van der Waals surface area contributed by atoms with E-state index in [4.69, 9.17) is 0 Å². The lowest BCUT2D eigenvalue weighted by molar-refractivity contribution is 0.590. The summed E-state index contributed by atoms with van der Waals surface area (Å²) in [6.45, 7) is 19.2. The average Bonchev–Trinajstić information content (AvgIpc) is 1.66. The molecule has 550 valence electrons. The highest BCUT2D eigenvalue weighted by Gasteiger charge is 2.47. The van der Waals surface area contributed by atoms with Gasteiger partial charge in [0.1, 0.15) is 0 Å². The van der Waals surface area contributed by atoms with Crippen molar-refractivity contribution in [2.75, 3.05) is 9.80 Å². The van der Waals surface area contributed by atoms with E-state index in [0.717, 1.165) is 122 Å². The monoisotopic (exact) mass is 1490 g/mol. The highest BCUT2D eigenvalue weighted by atomic mass is 15.2. The molecule has 7 heteroatoms. The molecule has 0 spiro atoms. The van der Waals surface area contributed by atoms with Crippen molar-refractivity contribution in [3.8, 4) is 56.1 Å². The topological polar surface area (TPSA) is 26.2 Å². The Labute approximate surface area is 693 Å². The van der Waals surface area contributed by atoms with Crippen LogP contribution in [0.3, 0.4) is 0 Å². The Morgan fingerprint density at radius 3 is 1.08 bits per heavy atom. The fourth-order valence-corrected chi connectivity index (χ4v) is 18.4. The number of fused-ring (bicyclic) bond motifs is 16. The van der Waals surface area contributed by atoms with Gasteiger partial charge in [-0.2, -0.15) is 0 Å². The van der Waals surface area contributed by atoms with Gasteiger partial charge in [-0.15, -0.1) is 0 Å². The standard InChI is InChI=1S/C108H85BN6/c1-106(2,3)71-50-57-95-86(60-71)87-61-72(107(4,5)6)51-58-96(87)112(95)76-53-55-88-98(64-76)114(104-84(69-34-16-11-17-35-69)62-73(108(7,8)9)63-85(104)70-36-18-12-19-37-70)100-66-77(113-92-47-29-24-42-81(92)82-43-25-30-48-93(82)113)67-101-103(100)109(88)89-56-52-75(111-90-45-27-22-40-79(90)80-41-23-28-46-91(80)111)65-99(89)115(101)105-78(68-32-14-10-15-33-68)54-59-97-102(105)83-44-26-31-49-94(83)110(97)74-38-20-13-21-39-74/h10-67H,1-9H3/i22D,23D,24D,25D,27D,28D,29D,30D,40D,41D,42D,43D,45D,46D,47D,48D. The van der Waals surface area contributed by atoms with E-state index in [1.807, 2.05) is 115 Å². The van der Waals surface area contributed by atoms with Crippen molar-refractivity contribution in [1.29, 1.82) is 0 Å². The Balaban J connectivity index is 1.00. The van der Waals surface area contributed by atoms with E-state index >= 15 is 0 Å². The Kier molecular flexibility index (Phi) is 11.8. The van der Waals surface area contributed by atoms with Crippen molar-refractivity contribution in [3.63, 3.8) is 0 Å². The second kappa shape index (κ2) is 25.4. The molecule has 6 nitrogen and oxygen atoms in total. The molecule has 4 aromatic heterocycles. The Bertz CT molecular complexity index is 8140. The molecule has 0 N–H and O–H groups in total. The maximum atomic E-state index is 10.4. The van der Waals surface area contributed by atoms with Crippen molar-refractivity contribution < 1.29 is 21.9 Å². The Morgan fingerprint density at radius 1 is 0.252 bits per heavy atom. The maximum absolute atomic E-state index is 10.4. The molecule has 0 fully saturated rings. The minimum Gasteiger partial charge on any atom is -0.310 e. The Hall–Kier alpha value is -13.6. The Morgan fingerprint density at radius 2 is 0.617 bits per heavy atom. The van der Waals surface area contributed by atoms with Gasteiger partial charge in [-0.3, -0.25) is 0 Å². The zero-order valence-corrected chi connectivity index (χ0v) is 65.0. The van der Waals surface area contributed by atoms with Crippen LogP contribution in [-0.4, -0.2) is 25.0 Å². The fraction of sp³-hybridized carbons (Fsp3) is 0.111. The summed E-state index contributed by atoms with van der Waals surface area (Å²) >= 11 is 0. The molecule has 22 rings (SSSR count). The van der Waals surface area contributed by atoms with E-state index in [1.165, 1.54) is 0 Å². The summed E-state index contributed by atoms with van der Waals surface area (Å²) in [6.07, 6.45) is 0. The lowest BCUT2D eigenvalue weighted by Crippen LogP contribution is -2.61. The first kappa shape index (κ1) is 53.3. The first-order valence-corrected chi connectivity index (χ1v) is 39.3. The zero-order valence-electron chi connectivity index (χ0n) is 81.0. The van der Waals surface area contributed by atoms with E-state index in [1.54, 1.807) is 9.13 Å². The molecule has 16 aromatic carbocycles. The second-order valence-corrected chi connectivity index (χ2v) is 33.7. The van der Waals surface area contributed by atoms with Crippen LogP contribution in [0.2, 0.25) is 0 Å². The average molecular weight is 1490 g/mol. The highest BCUT2D eigenvalue weighted by Crippen LogP contribution is 2.56. The highest BCUT2D eigenvalue weighted by molar-refractivity contribution is 7.00. The zero-order chi connectivity index (χ0) is 91.4. The summed E-state index contributed by atoms with van der Waals surface area (Å²) in [6, 6.07) is 79.4. The number of anilines is 6. The number of hydrogen-bond acceptors (Lipinski definition) is 2. The normalized spacial score (nSPS) is 15.0. The van der Waals surface area contributed by atoms with Gasteiger partial charge in [-0.25, -0.2) is 0 Å².